The summed E-state index contributed by atoms with van der Waals surface area (Å²) in [6, 6.07) is 8.17. The Morgan fingerprint density at radius 2 is 2.33 bits per heavy atom. The molecule has 0 aliphatic rings. The molecule has 64 valence electrons. The Bertz CT molecular complexity index is 256. The highest BCUT2D eigenvalue weighted by Crippen LogP contribution is 2.04. The van der Waals surface area contributed by atoms with Crippen LogP contribution in [-0.4, -0.2) is 13.1 Å². The summed E-state index contributed by atoms with van der Waals surface area (Å²) in [5, 5.41) is 0. The van der Waals surface area contributed by atoms with Gasteiger partial charge in [0.2, 0.25) is 0 Å². The lowest BCUT2D eigenvalue weighted by atomic mass is 10.1. The molecule has 1 aromatic carbocycles. The lowest BCUT2D eigenvalue weighted by Gasteiger charge is -2.00. The smallest absolute Gasteiger partial charge is 0.293 e. The first-order valence-corrected chi connectivity index (χ1v) is 3.94. The summed E-state index contributed by atoms with van der Waals surface area (Å²) >= 11 is 0. The molecular formula is C10H12O2. The summed E-state index contributed by atoms with van der Waals surface area (Å²) < 4.78 is 4.60. The van der Waals surface area contributed by atoms with Crippen molar-refractivity contribution < 1.29 is 9.53 Å². The van der Waals surface area contributed by atoms with E-state index in [2.05, 4.69) is 10.8 Å². The topological polar surface area (TPSA) is 26.3 Å². The van der Waals surface area contributed by atoms with Gasteiger partial charge in [0.1, 0.15) is 0 Å². The first kappa shape index (κ1) is 8.78. The summed E-state index contributed by atoms with van der Waals surface area (Å²) in [4.78, 5) is 9.84. The molecule has 0 heterocycles. The monoisotopic (exact) mass is 164 g/mol. The third kappa shape index (κ3) is 2.74. The Kier molecular flexibility index (Phi) is 3.33. The predicted octanol–water partition coefficient (Wildman–Crippen LogP) is 1.71. The molecule has 0 spiro atoms. The molecule has 0 aliphatic carbocycles. The van der Waals surface area contributed by atoms with Crippen LogP contribution >= 0.6 is 0 Å². The fraction of sp³-hybridized carbons (Fsp3) is 0.300. The van der Waals surface area contributed by atoms with E-state index in [0.29, 0.717) is 13.1 Å². The number of hydrogen-bond acceptors (Lipinski definition) is 2. The van der Waals surface area contributed by atoms with E-state index in [-0.39, 0.29) is 0 Å². The van der Waals surface area contributed by atoms with E-state index < -0.39 is 0 Å². The average molecular weight is 164 g/mol. The van der Waals surface area contributed by atoms with E-state index in [9.17, 15) is 4.79 Å². The Balaban J connectivity index is 2.46. The van der Waals surface area contributed by atoms with E-state index in [1.54, 1.807) is 0 Å². The van der Waals surface area contributed by atoms with Gasteiger partial charge in [0.05, 0.1) is 6.61 Å². The molecule has 0 saturated carbocycles. The van der Waals surface area contributed by atoms with Crippen molar-refractivity contribution in [3.63, 3.8) is 0 Å². The zero-order valence-corrected chi connectivity index (χ0v) is 7.12. The molecule has 0 N–H and O–H groups in total. The lowest BCUT2D eigenvalue weighted by Crippen LogP contribution is -1.96. The molecule has 12 heavy (non-hydrogen) atoms. The molecule has 0 saturated heterocycles. The van der Waals surface area contributed by atoms with Gasteiger partial charge in [-0.1, -0.05) is 29.8 Å². The molecule has 2 heteroatoms. The number of hydrogen-bond donors (Lipinski definition) is 0. The minimum absolute atomic E-state index is 0.465. The van der Waals surface area contributed by atoms with Crippen molar-refractivity contribution in [3.8, 4) is 0 Å². The van der Waals surface area contributed by atoms with Gasteiger partial charge in [-0.2, -0.15) is 0 Å². The molecule has 1 aromatic rings. The number of aryl methyl sites for hydroxylation is 1. The molecule has 0 fully saturated rings. The Morgan fingerprint density at radius 3 is 3.00 bits per heavy atom. The SMILES string of the molecule is Cc1cccc(CCOC=O)c1. The number of carbonyl (C=O) groups excluding carboxylic acids is 1. The Morgan fingerprint density at radius 1 is 1.50 bits per heavy atom. The van der Waals surface area contributed by atoms with Gasteiger partial charge >= 0.3 is 0 Å². The van der Waals surface area contributed by atoms with Crippen molar-refractivity contribution in [1.29, 1.82) is 0 Å². The molecule has 0 unspecified atom stereocenters. The summed E-state index contributed by atoms with van der Waals surface area (Å²) in [5.41, 5.74) is 2.44. The molecule has 1 rings (SSSR count). The van der Waals surface area contributed by atoms with E-state index >= 15 is 0 Å². The zero-order valence-electron chi connectivity index (χ0n) is 7.12. The largest absolute Gasteiger partial charge is 0.468 e. The highest BCUT2D eigenvalue weighted by atomic mass is 16.5. The van der Waals surface area contributed by atoms with Crippen LogP contribution in [0.15, 0.2) is 24.3 Å². The number of carbonyl (C=O) groups is 1. The lowest BCUT2D eigenvalue weighted by molar-refractivity contribution is -0.128. The van der Waals surface area contributed by atoms with Gasteiger partial charge in [-0.3, -0.25) is 4.79 Å². The number of rotatable bonds is 4. The van der Waals surface area contributed by atoms with Crippen molar-refractivity contribution >= 4 is 6.47 Å². The third-order valence-corrected chi connectivity index (χ3v) is 1.66. The maximum Gasteiger partial charge on any atom is 0.293 e. The van der Waals surface area contributed by atoms with Crippen LogP contribution in [-0.2, 0) is 16.0 Å². The quantitative estimate of drug-likeness (QED) is 0.500. The second-order valence-corrected chi connectivity index (χ2v) is 2.71. The summed E-state index contributed by atoms with van der Waals surface area (Å²) in [6.45, 7) is 2.99. The van der Waals surface area contributed by atoms with E-state index in [1.807, 2.05) is 25.1 Å². The molecule has 0 bridgehead atoms. The third-order valence-electron chi connectivity index (χ3n) is 1.66. The maximum absolute atomic E-state index is 9.84. The van der Waals surface area contributed by atoms with Crippen molar-refractivity contribution in [2.24, 2.45) is 0 Å². The van der Waals surface area contributed by atoms with Crippen LogP contribution in [0.25, 0.3) is 0 Å². The van der Waals surface area contributed by atoms with Gasteiger partial charge in [-0.25, -0.2) is 0 Å². The summed E-state index contributed by atoms with van der Waals surface area (Å²) in [6.07, 6.45) is 0.792. The van der Waals surface area contributed by atoms with Crippen LogP contribution in [0.5, 0.6) is 0 Å². The molecular weight excluding hydrogens is 152 g/mol. The molecule has 0 atom stereocenters. The van der Waals surface area contributed by atoms with Gasteiger partial charge < -0.3 is 4.74 Å². The van der Waals surface area contributed by atoms with Crippen LogP contribution in [0.3, 0.4) is 0 Å². The minimum atomic E-state index is 0.465. The van der Waals surface area contributed by atoms with E-state index in [1.165, 1.54) is 11.1 Å². The van der Waals surface area contributed by atoms with Gasteiger partial charge in [0, 0.05) is 6.42 Å². The molecule has 0 aliphatic heterocycles. The first-order chi connectivity index (χ1) is 5.83. The van der Waals surface area contributed by atoms with Gasteiger partial charge in [-0.05, 0) is 12.5 Å². The number of benzene rings is 1. The maximum atomic E-state index is 9.84. The zero-order chi connectivity index (χ0) is 8.81. The Hall–Kier alpha value is -1.31. The van der Waals surface area contributed by atoms with E-state index in [0.717, 1.165) is 6.42 Å². The first-order valence-electron chi connectivity index (χ1n) is 3.94. The number of ether oxygens (including phenoxy) is 1. The molecule has 0 aromatic heterocycles. The highest BCUT2D eigenvalue weighted by molar-refractivity contribution is 5.37. The van der Waals surface area contributed by atoms with Crippen molar-refractivity contribution in [3.05, 3.63) is 35.4 Å². The second kappa shape index (κ2) is 4.54. The van der Waals surface area contributed by atoms with Crippen LogP contribution in [0.2, 0.25) is 0 Å². The van der Waals surface area contributed by atoms with Gasteiger partial charge in [-0.15, -0.1) is 0 Å². The average Bonchev–Trinajstić information content (AvgIpc) is 2.05. The predicted molar refractivity (Wildman–Crippen MR) is 46.9 cm³/mol. The molecule has 0 amide bonds. The summed E-state index contributed by atoms with van der Waals surface area (Å²) in [5.74, 6) is 0. The van der Waals surface area contributed by atoms with Crippen LogP contribution in [0, 0.1) is 6.92 Å². The highest BCUT2D eigenvalue weighted by Gasteiger charge is 1.92. The van der Waals surface area contributed by atoms with Gasteiger partial charge in [0.15, 0.2) is 0 Å². The standard InChI is InChI=1S/C10H12O2/c1-9-3-2-4-10(7-9)5-6-12-8-11/h2-4,7-8H,5-6H2,1H3. The van der Waals surface area contributed by atoms with Crippen LogP contribution < -0.4 is 0 Å². The fourth-order valence-electron chi connectivity index (χ4n) is 1.09. The van der Waals surface area contributed by atoms with Crippen LogP contribution in [0.1, 0.15) is 11.1 Å². The normalized spacial score (nSPS) is 9.42. The second-order valence-electron chi connectivity index (χ2n) is 2.71. The molecule has 2 nitrogen and oxygen atoms in total. The van der Waals surface area contributed by atoms with Crippen molar-refractivity contribution in [2.75, 3.05) is 6.61 Å². The van der Waals surface area contributed by atoms with Crippen molar-refractivity contribution in [1.82, 2.24) is 0 Å². The van der Waals surface area contributed by atoms with Crippen LogP contribution in [0.4, 0.5) is 0 Å². The summed E-state index contributed by atoms with van der Waals surface area (Å²) in [7, 11) is 0. The van der Waals surface area contributed by atoms with Gasteiger partial charge in [0.25, 0.3) is 6.47 Å². The molecule has 0 radical (unpaired) electrons. The Labute approximate surface area is 72.2 Å². The fourth-order valence-corrected chi connectivity index (χ4v) is 1.09. The van der Waals surface area contributed by atoms with Crippen molar-refractivity contribution in [2.45, 2.75) is 13.3 Å². The van der Waals surface area contributed by atoms with E-state index in [4.69, 9.17) is 0 Å². The minimum Gasteiger partial charge on any atom is -0.468 e.